The minimum Gasteiger partial charge on any atom is -0.460 e. The Labute approximate surface area is 168 Å². The summed E-state index contributed by atoms with van der Waals surface area (Å²) >= 11 is 0. The average molecular weight is 394 g/mol. The molecule has 0 saturated heterocycles. The molecule has 1 aliphatic carbocycles. The van der Waals surface area contributed by atoms with Crippen molar-refractivity contribution in [3.05, 3.63) is 66.2 Å². The highest BCUT2D eigenvalue weighted by atomic mass is 19.1. The maximum absolute atomic E-state index is 12.9. The van der Waals surface area contributed by atoms with Gasteiger partial charge in [-0.05, 0) is 42.0 Å². The molecule has 1 fully saturated rings. The van der Waals surface area contributed by atoms with E-state index >= 15 is 0 Å². The lowest BCUT2D eigenvalue weighted by Crippen LogP contribution is -2.44. The van der Waals surface area contributed by atoms with E-state index in [0.717, 1.165) is 54.4 Å². The number of hydrogen-bond donors (Lipinski definition) is 2. The molecule has 150 valence electrons. The number of carbonyl (C=O) groups is 1. The van der Waals surface area contributed by atoms with Gasteiger partial charge in [-0.15, -0.1) is 0 Å². The van der Waals surface area contributed by atoms with Gasteiger partial charge in [0.25, 0.3) is 0 Å². The van der Waals surface area contributed by atoms with Crippen molar-refractivity contribution in [1.29, 1.82) is 0 Å². The highest BCUT2D eigenvalue weighted by Gasteiger charge is 2.24. The number of hydrogen-bond acceptors (Lipinski definition) is 4. The first-order valence-corrected chi connectivity index (χ1v) is 9.82. The second kappa shape index (κ2) is 8.86. The third-order valence-corrected chi connectivity index (χ3v) is 5.20. The lowest BCUT2D eigenvalue weighted by Gasteiger charge is -2.28. The van der Waals surface area contributed by atoms with Crippen LogP contribution in [-0.4, -0.2) is 28.1 Å². The number of aromatic nitrogens is 2. The summed E-state index contributed by atoms with van der Waals surface area (Å²) in [7, 11) is 0. The summed E-state index contributed by atoms with van der Waals surface area (Å²) in [4.78, 5) is 20.0. The van der Waals surface area contributed by atoms with Crippen molar-refractivity contribution < 1.29 is 13.9 Å². The number of benzene rings is 2. The van der Waals surface area contributed by atoms with Gasteiger partial charge in [-0.1, -0.05) is 42.5 Å². The molecule has 6 nitrogen and oxygen atoms in total. The maximum Gasteiger partial charge on any atom is 0.316 e. The third kappa shape index (κ3) is 4.99. The fourth-order valence-electron chi connectivity index (χ4n) is 3.69. The van der Waals surface area contributed by atoms with E-state index in [1.54, 1.807) is 0 Å². The van der Waals surface area contributed by atoms with Crippen LogP contribution in [0.3, 0.4) is 0 Å². The Balaban J connectivity index is 1.23. The lowest BCUT2D eigenvalue weighted by molar-refractivity contribution is 0.128. The van der Waals surface area contributed by atoms with Gasteiger partial charge in [-0.2, -0.15) is 0 Å². The highest BCUT2D eigenvalue weighted by molar-refractivity contribution is 5.86. The number of halogens is 1. The van der Waals surface area contributed by atoms with Crippen LogP contribution in [0.4, 0.5) is 9.18 Å². The molecule has 2 aromatic carbocycles. The smallest absolute Gasteiger partial charge is 0.316 e. The van der Waals surface area contributed by atoms with E-state index in [1.165, 1.54) is 0 Å². The Morgan fingerprint density at radius 3 is 2.55 bits per heavy atom. The number of nitrogens with one attached hydrogen (secondary N) is 2. The van der Waals surface area contributed by atoms with Crippen molar-refractivity contribution in [2.45, 2.75) is 44.4 Å². The molecule has 0 atom stereocenters. The van der Waals surface area contributed by atoms with Gasteiger partial charge < -0.3 is 15.4 Å². The van der Waals surface area contributed by atoms with Gasteiger partial charge in [-0.3, -0.25) is 0 Å². The Morgan fingerprint density at radius 1 is 1.03 bits per heavy atom. The topological polar surface area (TPSA) is 76.1 Å². The van der Waals surface area contributed by atoms with Gasteiger partial charge in [0, 0.05) is 12.6 Å². The van der Waals surface area contributed by atoms with E-state index in [1.807, 2.05) is 24.3 Å². The number of ether oxygens (including phenoxy) is 1. The molecule has 0 radical (unpaired) electrons. The minimum atomic E-state index is -0.486. The molecular weight excluding hydrogens is 371 g/mol. The number of rotatable bonds is 5. The second-order valence-electron chi connectivity index (χ2n) is 7.24. The van der Waals surface area contributed by atoms with Crippen molar-refractivity contribution in [1.82, 2.24) is 20.6 Å². The fourth-order valence-corrected chi connectivity index (χ4v) is 3.69. The van der Waals surface area contributed by atoms with Crippen molar-refractivity contribution in [2.24, 2.45) is 0 Å². The van der Waals surface area contributed by atoms with E-state index < -0.39 is 5.82 Å². The lowest BCUT2D eigenvalue weighted by atomic mass is 9.93. The highest BCUT2D eigenvalue weighted by Crippen LogP contribution is 2.22. The van der Waals surface area contributed by atoms with Crippen LogP contribution in [0.25, 0.3) is 10.8 Å². The summed E-state index contributed by atoms with van der Waals surface area (Å²) in [5.41, 5.74) is 1.09. The molecule has 1 aliphatic rings. The Kier molecular flexibility index (Phi) is 5.84. The molecule has 3 aromatic rings. The number of fused-ring (bicyclic) bond motifs is 1. The quantitative estimate of drug-likeness (QED) is 0.687. The summed E-state index contributed by atoms with van der Waals surface area (Å²) in [5.74, 6) is -0.486. The normalized spacial score (nSPS) is 18.9. The van der Waals surface area contributed by atoms with Crippen LogP contribution in [-0.2, 0) is 6.54 Å². The number of nitrogens with zero attached hydrogens (tertiary/aromatic N) is 2. The van der Waals surface area contributed by atoms with Crippen molar-refractivity contribution in [3.8, 4) is 6.01 Å². The number of amides is 2. The van der Waals surface area contributed by atoms with Crippen LogP contribution < -0.4 is 15.4 Å². The first-order valence-electron chi connectivity index (χ1n) is 9.82. The predicted octanol–water partition coefficient (Wildman–Crippen LogP) is 3.96. The van der Waals surface area contributed by atoms with Crippen molar-refractivity contribution >= 4 is 16.8 Å². The van der Waals surface area contributed by atoms with E-state index in [9.17, 15) is 9.18 Å². The van der Waals surface area contributed by atoms with Crippen LogP contribution >= 0.6 is 0 Å². The van der Waals surface area contributed by atoms with Gasteiger partial charge in [-0.25, -0.2) is 19.2 Å². The number of urea groups is 1. The zero-order valence-electron chi connectivity index (χ0n) is 16.0. The van der Waals surface area contributed by atoms with Gasteiger partial charge in [0.2, 0.25) is 0 Å². The molecule has 0 bridgehead atoms. The fraction of sp³-hybridized carbons (Fsp3) is 0.318. The first-order chi connectivity index (χ1) is 14.2. The molecule has 1 heterocycles. The van der Waals surface area contributed by atoms with Crippen LogP contribution in [0.5, 0.6) is 6.01 Å². The van der Waals surface area contributed by atoms with E-state index in [-0.39, 0.29) is 24.2 Å². The van der Waals surface area contributed by atoms with Gasteiger partial charge >= 0.3 is 12.0 Å². The Morgan fingerprint density at radius 2 is 1.76 bits per heavy atom. The molecule has 0 aliphatic heterocycles. The maximum atomic E-state index is 12.9. The molecule has 4 rings (SSSR count). The van der Waals surface area contributed by atoms with Gasteiger partial charge in [0.1, 0.15) is 6.10 Å². The molecule has 2 amide bonds. The minimum absolute atomic E-state index is 0.0164. The molecule has 29 heavy (non-hydrogen) atoms. The summed E-state index contributed by atoms with van der Waals surface area (Å²) in [6.45, 7) is 0.480. The second-order valence-corrected chi connectivity index (χ2v) is 7.24. The van der Waals surface area contributed by atoms with E-state index in [4.69, 9.17) is 4.74 Å². The van der Waals surface area contributed by atoms with Crippen LogP contribution in [0, 0.1) is 5.82 Å². The first kappa shape index (κ1) is 19.1. The molecule has 1 aromatic heterocycles. The van der Waals surface area contributed by atoms with Crippen LogP contribution in [0.2, 0.25) is 0 Å². The molecule has 1 saturated carbocycles. The van der Waals surface area contributed by atoms with Crippen LogP contribution in [0.15, 0.2) is 54.9 Å². The number of carbonyl (C=O) groups excluding carboxylic acids is 1. The van der Waals surface area contributed by atoms with E-state index in [2.05, 4.69) is 38.8 Å². The molecular formula is C22H23FN4O2. The summed E-state index contributed by atoms with van der Waals surface area (Å²) in [6, 6.07) is 14.4. The molecule has 7 heteroatoms. The Hall–Kier alpha value is -3.22. The zero-order valence-corrected chi connectivity index (χ0v) is 16.0. The van der Waals surface area contributed by atoms with E-state index in [0.29, 0.717) is 6.54 Å². The zero-order chi connectivity index (χ0) is 20.1. The van der Waals surface area contributed by atoms with Crippen molar-refractivity contribution in [3.63, 3.8) is 0 Å². The SMILES string of the molecule is O=C(NCc1cccc2ccccc12)NC1CCC(Oc2ncc(F)cn2)CC1. The summed E-state index contributed by atoms with van der Waals surface area (Å²) < 4.78 is 18.6. The predicted molar refractivity (Wildman–Crippen MR) is 108 cm³/mol. The largest absolute Gasteiger partial charge is 0.460 e. The summed E-state index contributed by atoms with van der Waals surface area (Å²) in [5, 5.41) is 8.31. The monoisotopic (exact) mass is 394 g/mol. The Bertz CT molecular complexity index is 967. The molecule has 0 unspecified atom stereocenters. The molecule has 2 N–H and O–H groups in total. The van der Waals surface area contributed by atoms with Gasteiger partial charge in [0.05, 0.1) is 12.4 Å². The average Bonchev–Trinajstić information content (AvgIpc) is 2.75. The van der Waals surface area contributed by atoms with Gasteiger partial charge in [0.15, 0.2) is 5.82 Å². The third-order valence-electron chi connectivity index (χ3n) is 5.20. The standard InChI is InChI=1S/C22H23FN4O2/c23-17-13-25-22(26-14-17)29-19-10-8-18(9-11-19)27-21(28)24-12-16-6-3-5-15-4-1-2-7-20(15)16/h1-7,13-14,18-19H,8-12H2,(H2,24,27,28). The van der Waals surface area contributed by atoms with Crippen LogP contribution in [0.1, 0.15) is 31.2 Å². The molecule has 0 spiro atoms. The van der Waals surface area contributed by atoms with Crippen molar-refractivity contribution in [2.75, 3.05) is 0 Å². The summed E-state index contributed by atoms with van der Waals surface area (Å²) in [6.07, 6.45) is 5.37.